The van der Waals surface area contributed by atoms with Gasteiger partial charge in [0, 0.05) is 22.8 Å². The highest BCUT2D eigenvalue weighted by atomic mass is 16.6. The number of ether oxygens (including phenoxy) is 1. The molecule has 1 aromatic heterocycles. The number of carbonyl (C=O) groups is 1. The number of nitrogens with one attached hydrogen (secondary N) is 1. The van der Waals surface area contributed by atoms with Crippen LogP contribution in [-0.4, -0.2) is 25.9 Å². The van der Waals surface area contributed by atoms with E-state index in [0.717, 1.165) is 0 Å². The second-order valence-corrected chi connectivity index (χ2v) is 5.73. The zero-order valence-electron chi connectivity index (χ0n) is 14.2. The molecule has 0 saturated heterocycles. The number of aromatic amines is 1. The third kappa shape index (κ3) is 3.75. The first-order valence-electron chi connectivity index (χ1n) is 7.84. The number of hydrogen-bond acceptors (Lipinski definition) is 6. The van der Waals surface area contributed by atoms with Crippen molar-refractivity contribution < 1.29 is 14.5 Å². The van der Waals surface area contributed by atoms with Gasteiger partial charge in [-0.05, 0) is 50.2 Å². The van der Waals surface area contributed by atoms with Crippen molar-refractivity contribution in [3.05, 3.63) is 69.5 Å². The predicted octanol–water partition coefficient (Wildman–Crippen LogP) is 3.47. The van der Waals surface area contributed by atoms with Gasteiger partial charge in [0.25, 0.3) is 5.69 Å². The van der Waals surface area contributed by atoms with Crippen LogP contribution in [0.3, 0.4) is 0 Å². The molecule has 0 saturated carbocycles. The molecule has 132 valence electrons. The molecule has 0 amide bonds. The van der Waals surface area contributed by atoms with Crippen LogP contribution in [0.15, 0.2) is 42.5 Å². The molecule has 26 heavy (non-hydrogen) atoms. The third-order valence-electron chi connectivity index (χ3n) is 3.82. The largest absolute Gasteiger partial charge is 0.486 e. The maximum Gasteiger partial charge on any atom is 0.272 e. The average molecular weight is 352 g/mol. The van der Waals surface area contributed by atoms with Crippen LogP contribution in [-0.2, 0) is 6.61 Å². The lowest BCUT2D eigenvalue weighted by molar-refractivity contribution is -0.385. The Morgan fingerprint density at radius 3 is 2.58 bits per heavy atom. The quantitative estimate of drug-likeness (QED) is 0.413. The third-order valence-corrected chi connectivity index (χ3v) is 3.82. The van der Waals surface area contributed by atoms with Crippen molar-refractivity contribution in [2.45, 2.75) is 20.5 Å². The Kier molecular flexibility index (Phi) is 4.74. The molecular formula is C18H16N4O4. The number of ketones is 1. The fourth-order valence-electron chi connectivity index (χ4n) is 2.43. The summed E-state index contributed by atoms with van der Waals surface area (Å²) < 4.78 is 5.62. The molecule has 1 heterocycles. The van der Waals surface area contributed by atoms with Crippen LogP contribution < -0.4 is 4.74 Å². The van der Waals surface area contributed by atoms with Crippen molar-refractivity contribution in [2.24, 2.45) is 0 Å². The number of Topliss-reactive ketones (excluding diaryl/α,β-unsaturated/α-hetero) is 1. The van der Waals surface area contributed by atoms with Gasteiger partial charge in [-0.25, -0.2) is 4.98 Å². The van der Waals surface area contributed by atoms with Gasteiger partial charge in [-0.1, -0.05) is 0 Å². The van der Waals surface area contributed by atoms with Gasteiger partial charge < -0.3 is 4.74 Å². The summed E-state index contributed by atoms with van der Waals surface area (Å²) in [6.07, 6.45) is 0. The van der Waals surface area contributed by atoms with E-state index in [1.807, 2.05) is 0 Å². The van der Waals surface area contributed by atoms with Crippen LogP contribution in [0.1, 0.15) is 28.7 Å². The smallest absolute Gasteiger partial charge is 0.272 e. The summed E-state index contributed by atoms with van der Waals surface area (Å²) in [7, 11) is 0. The van der Waals surface area contributed by atoms with Crippen LogP contribution in [0.25, 0.3) is 11.4 Å². The molecule has 3 rings (SSSR count). The zero-order valence-corrected chi connectivity index (χ0v) is 14.2. The second kappa shape index (κ2) is 7.14. The lowest BCUT2D eigenvalue weighted by Crippen LogP contribution is -1.98. The Balaban J connectivity index is 1.69. The van der Waals surface area contributed by atoms with Gasteiger partial charge in [0.05, 0.1) is 4.92 Å². The summed E-state index contributed by atoms with van der Waals surface area (Å²) in [6, 6.07) is 11.5. The number of hydrogen-bond donors (Lipinski definition) is 1. The minimum Gasteiger partial charge on any atom is -0.486 e. The second-order valence-electron chi connectivity index (χ2n) is 5.73. The molecule has 0 aliphatic heterocycles. The van der Waals surface area contributed by atoms with Gasteiger partial charge in [-0.15, -0.1) is 0 Å². The molecule has 0 unspecified atom stereocenters. The first kappa shape index (κ1) is 17.3. The highest BCUT2D eigenvalue weighted by molar-refractivity contribution is 5.94. The molecule has 0 aliphatic carbocycles. The molecule has 8 heteroatoms. The van der Waals surface area contributed by atoms with Crippen LogP contribution in [0.5, 0.6) is 5.75 Å². The van der Waals surface area contributed by atoms with Crippen molar-refractivity contribution >= 4 is 11.5 Å². The van der Waals surface area contributed by atoms with Crippen molar-refractivity contribution in [2.75, 3.05) is 0 Å². The highest BCUT2D eigenvalue weighted by Gasteiger charge is 2.13. The van der Waals surface area contributed by atoms with Gasteiger partial charge in [-0.2, -0.15) is 5.10 Å². The first-order valence-corrected chi connectivity index (χ1v) is 7.84. The van der Waals surface area contributed by atoms with E-state index in [1.54, 1.807) is 43.3 Å². The number of benzene rings is 2. The molecule has 0 bridgehead atoms. The number of rotatable bonds is 6. The lowest BCUT2D eigenvalue weighted by atomic mass is 10.1. The maximum atomic E-state index is 11.3. The molecular weight excluding hydrogens is 336 g/mol. The SMILES string of the molecule is CC(=O)c1ccc(OCc2nc(-c3ccc([N+](=O)[O-])c(C)c3)n[nH]2)cc1. The van der Waals surface area contributed by atoms with Crippen LogP contribution in [0.2, 0.25) is 0 Å². The molecule has 0 aliphatic rings. The molecule has 1 N–H and O–H groups in total. The Hall–Kier alpha value is -3.55. The number of aromatic nitrogens is 3. The number of carbonyl (C=O) groups excluding carboxylic acids is 1. The van der Waals surface area contributed by atoms with E-state index in [0.29, 0.717) is 34.1 Å². The molecule has 0 spiro atoms. The summed E-state index contributed by atoms with van der Waals surface area (Å²) in [5.74, 6) is 1.56. The number of nitro groups is 1. The van der Waals surface area contributed by atoms with E-state index >= 15 is 0 Å². The van der Waals surface area contributed by atoms with Gasteiger partial charge in [-0.3, -0.25) is 20.0 Å². The molecule has 0 fully saturated rings. The van der Waals surface area contributed by atoms with E-state index in [-0.39, 0.29) is 18.1 Å². The van der Waals surface area contributed by atoms with E-state index in [1.165, 1.54) is 13.0 Å². The van der Waals surface area contributed by atoms with E-state index in [9.17, 15) is 14.9 Å². The standard InChI is InChI=1S/C18H16N4O4/c1-11-9-14(5-8-16(11)22(24)25)18-19-17(20-21-18)10-26-15-6-3-13(4-7-15)12(2)23/h3-9H,10H2,1-2H3,(H,19,20,21). The van der Waals surface area contributed by atoms with Crippen molar-refractivity contribution in [3.63, 3.8) is 0 Å². The monoisotopic (exact) mass is 352 g/mol. The lowest BCUT2D eigenvalue weighted by Gasteiger charge is -2.04. The summed E-state index contributed by atoms with van der Waals surface area (Å²) in [5.41, 5.74) is 1.90. The van der Waals surface area contributed by atoms with Crippen molar-refractivity contribution in [1.82, 2.24) is 15.2 Å². The topological polar surface area (TPSA) is 111 Å². The molecule has 0 atom stereocenters. The molecule has 2 aromatic carbocycles. The Labute approximate surface area is 149 Å². The fourth-order valence-corrected chi connectivity index (χ4v) is 2.43. The Morgan fingerprint density at radius 1 is 1.23 bits per heavy atom. The summed E-state index contributed by atoms with van der Waals surface area (Å²) in [5, 5.41) is 17.8. The minimum absolute atomic E-state index is 0.00480. The zero-order chi connectivity index (χ0) is 18.7. The van der Waals surface area contributed by atoms with Gasteiger partial charge in [0.2, 0.25) is 0 Å². The molecule has 3 aromatic rings. The van der Waals surface area contributed by atoms with Crippen molar-refractivity contribution in [3.8, 4) is 17.1 Å². The number of nitrogens with zero attached hydrogens (tertiary/aromatic N) is 3. The number of aryl methyl sites for hydroxylation is 1. The van der Waals surface area contributed by atoms with Crippen LogP contribution in [0, 0.1) is 17.0 Å². The van der Waals surface area contributed by atoms with Gasteiger partial charge in [0.1, 0.15) is 12.4 Å². The minimum atomic E-state index is -0.423. The fraction of sp³-hybridized carbons (Fsp3) is 0.167. The Morgan fingerprint density at radius 2 is 1.96 bits per heavy atom. The van der Waals surface area contributed by atoms with Crippen molar-refractivity contribution in [1.29, 1.82) is 0 Å². The molecule has 8 nitrogen and oxygen atoms in total. The van der Waals surface area contributed by atoms with E-state index < -0.39 is 4.92 Å². The maximum absolute atomic E-state index is 11.3. The predicted molar refractivity (Wildman–Crippen MR) is 94.0 cm³/mol. The normalized spacial score (nSPS) is 10.5. The number of H-pyrrole nitrogens is 1. The Bertz CT molecular complexity index is 964. The number of nitro benzene ring substituents is 1. The van der Waals surface area contributed by atoms with Gasteiger partial charge >= 0.3 is 0 Å². The summed E-state index contributed by atoms with van der Waals surface area (Å²) in [6.45, 7) is 3.35. The average Bonchev–Trinajstić information content (AvgIpc) is 3.09. The molecule has 0 radical (unpaired) electrons. The van der Waals surface area contributed by atoms with Gasteiger partial charge in [0.15, 0.2) is 17.4 Å². The van der Waals surface area contributed by atoms with E-state index in [4.69, 9.17) is 4.74 Å². The highest BCUT2D eigenvalue weighted by Crippen LogP contribution is 2.24. The summed E-state index contributed by atoms with van der Waals surface area (Å²) in [4.78, 5) is 26.1. The van der Waals surface area contributed by atoms with Crippen LogP contribution >= 0.6 is 0 Å². The van der Waals surface area contributed by atoms with E-state index in [2.05, 4.69) is 15.2 Å². The summed E-state index contributed by atoms with van der Waals surface area (Å²) >= 11 is 0. The first-order chi connectivity index (χ1) is 12.4. The van der Waals surface area contributed by atoms with Crippen LogP contribution in [0.4, 0.5) is 5.69 Å².